The van der Waals surface area contributed by atoms with Gasteiger partial charge < -0.3 is 31.5 Å². The number of hydrogen-bond donors (Lipinski definition) is 5. The minimum Gasteiger partial charge on any atom is -0.481 e. The lowest BCUT2D eigenvalue weighted by Gasteiger charge is -2.32. The Morgan fingerprint density at radius 3 is 2.10 bits per heavy atom. The molecule has 6 N–H and O–H groups in total. The van der Waals surface area contributed by atoms with E-state index in [4.69, 9.17) is 15.6 Å². The second-order valence-electron chi connectivity index (χ2n) is 10.6. The van der Waals surface area contributed by atoms with Gasteiger partial charge in [0.25, 0.3) is 0 Å². The minimum atomic E-state index is -1.15. The van der Waals surface area contributed by atoms with Gasteiger partial charge in [-0.2, -0.15) is 0 Å². The number of amides is 4. The van der Waals surface area contributed by atoms with Gasteiger partial charge in [0.05, 0.1) is 12.1 Å². The van der Waals surface area contributed by atoms with Crippen LogP contribution in [0.4, 0.5) is 0 Å². The van der Waals surface area contributed by atoms with Crippen LogP contribution >= 0.6 is 0 Å². The predicted octanol–water partition coefficient (Wildman–Crippen LogP) is 2.69. The van der Waals surface area contributed by atoms with E-state index in [2.05, 4.69) is 22.9 Å². The van der Waals surface area contributed by atoms with Gasteiger partial charge in [0.2, 0.25) is 23.6 Å². The van der Waals surface area contributed by atoms with E-state index >= 15 is 0 Å². The van der Waals surface area contributed by atoms with Crippen molar-refractivity contribution in [1.82, 2.24) is 16.0 Å². The molecule has 4 amide bonds. The molecule has 0 heterocycles. The van der Waals surface area contributed by atoms with Crippen molar-refractivity contribution in [3.63, 3.8) is 0 Å². The molecule has 224 valence electrons. The summed E-state index contributed by atoms with van der Waals surface area (Å²) in [6, 6.07) is -2.28. The molecule has 1 saturated carbocycles. The molecule has 0 aliphatic heterocycles. The number of ether oxygens (including phenoxy) is 1. The molecular weight excluding hydrogens is 504 g/mol. The van der Waals surface area contributed by atoms with Gasteiger partial charge in [-0.25, -0.2) is 0 Å². The van der Waals surface area contributed by atoms with Crippen LogP contribution in [0.1, 0.15) is 117 Å². The smallest absolute Gasteiger partial charge is 0.303 e. The Labute approximate surface area is 232 Å². The van der Waals surface area contributed by atoms with Crippen LogP contribution < -0.4 is 21.7 Å². The van der Waals surface area contributed by atoms with Gasteiger partial charge in [-0.3, -0.25) is 24.0 Å². The maximum absolute atomic E-state index is 12.5. The van der Waals surface area contributed by atoms with Gasteiger partial charge in [-0.1, -0.05) is 71.1 Å². The minimum absolute atomic E-state index is 0.0140. The molecule has 0 bridgehead atoms. The molecule has 1 rings (SSSR count). The maximum atomic E-state index is 12.5. The number of aliphatic carboxylic acids is 1. The number of unbranched alkanes of at least 4 members (excludes halogenated alkanes) is 8. The van der Waals surface area contributed by atoms with Gasteiger partial charge >= 0.3 is 5.97 Å². The molecule has 1 aliphatic carbocycles. The second-order valence-corrected chi connectivity index (χ2v) is 10.6. The van der Waals surface area contributed by atoms with E-state index in [1.165, 1.54) is 45.4 Å². The summed E-state index contributed by atoms with van der Waals surface area (Å²) in [5.74, 6) is -3.12. The van der Waals surface area contributed by atoms with E-state index in [1.54, 1.807) is 0 Å². The number of carboxylic acid groups (broad SMARTS) is 1. The summed E-state index contributed by atoms with van der Waals surface area (Å²) < 4.78 is 5.82. The molecule has 0 aromatic rings. The summed E-state index contributed by atoms with van der Waals surface area (Å²) in [5.41, 5.74) is 5.23. The van der Waals surface area contributed by atoms with Gasteiger partial charge in [0, 0.05) is 12.8 Å². The zero-order chi connectivity index (χ0) is 29.0. The molecular formula is C28H50N4O7. The molecule has 11 nitrogen and oxygen atoms in total. The normalized spacial score (nSPS) is 18.5. The highest BCUT2D eigenvalue weighted by atomic mass is 16.5. The van der Waals surface area contributed by atoms with Gasteiger partial charge in [0.15, 0.2) is 0 Å². The maximum Gasteiger partial charge on any atom is 0.303 e. The zero-order valence-corrected chi connectivity index (χ0v) is 23.8. The number of primary amides is 1. The van der Waals surface area contributed by atoms with E-state index in [0.29, 0.717) is 6.42 Å². The topological polar surface area (TPSA) is 177 Å². The lowest BCUT2D eigenvalue weighted by atomic mass is 9.92. The number of carbonyl (C=O) groups is 5. The fraction of sp³-hybridized carbons (Fsp3) is 0.821. The summed E-state index contributed by atoms with van der Waals surface area (Å²) in [6.45, 7) is 3.39. The van der Waals surface area contributed by atoms with Crippen molar-refractivity contribution >= 4 is 29.6 Å². The molecule has 0 saturated heterocycles. The Bertz CT molecular complexity index is 777. The molecule has 0 spiro atoms. The third-order valence-electron chi connectivity index (χ3n) is 7.06. The largest absolute Gasteiger partial charge is 0.481 e. The van der Waals surface area contributed by atoms with Crippen LogP contribution in [-0.2, 0) is 28.7 Å². The van der Waals surface area contributed by atoms with Crippen LogP contribution in [0.3, 0.4) is 0 Å². The van der Waals surface area contributed by atoms with Crippen LogP contribution in [0.25, 0.3) is 0 Å². The average molecular weight is 555 g/mol. The van der Waals surface area contributed by atoms with Crippen molar-refractivity contribution in [3.8, 4) is 0 Å². The molecule has 1 aliphatic rings. The Morgan fingerprint density at radius 2 is 1.49 bits per heavy atom. The van der Waals surface area contributed by atoms with Crippen LogP contribution in [0.15, 0.2) is 0 Å². The Balaban J connectivity index is 2.35. The molecule has 0 unspecified atom stereocenters. The number of nitrogens with one attached hydrogen (secondary N) is 3. The van der Waals surface area contributed by atoms with Crippen molar-refractivity contribution in [2.45, 2.75) is 141 Å². The van der Waals surface area contributed by atoms with E-state index in [-0.39, 0.29) is 37.5 Å². The predicted molar refractivity (Wildman–Crippen MR) is 148 cm³/mol. The Kier molecular flexibility index (Phi) is 17.8. The van der Waals surface area contributed by atoms with E-state index in [1.807, 2.05) is 0 Å². The molecule has 0 radical (unpaired) electrons. The third kappa shape index (κ3) is 16.1. The van der Waals surface area contributed by atoms with Crippen molar-refractivity contribution in [2.75, 3.05) is 6.61 Å². The third-order valence-corrected chi connectivity index (χ3v) is 7.06. The van der Waals surface area contributed by atoms with Crippen molar-refractivity contribution in [2.24, 2.45) is 5.73 Å². The van der Waals surface area contributed by atoms with Crippen LogP contribution in [-0.4, -0.2) is 65.5 Å². The fourth-order valence-corrected chi connectivity index (χ4v) is 4.72. The van der Waals surface area contributed by atoms with E-state index < -0.39 is 35.8 Å². The first kappa shape index (κ1) is 34.3. The highest BCUT2D eigenvalue weighted by molar-refractivity contribution is 5.91. The van der Waals surface area contributed by atoms with Crippen molar-refractivity contribution in [1.29, 1.82) is 0 Å². The number of rotatable bonds is 21. The van der Waals surface area contributed by atoms with Crippen molar-refractivity contribution in [3.05, 3.63) is 0 Å². The average Bonchev–Trinajstić information content (AvgIpc) is 2.89. The van der Waals surface area contributed by atoms with E-state index in [9.17, 15) is 24.0 Å². The molecule has 0 aromatic heterocycles. The Hall–Kier alpha value is -2.69. The number of nitrogens with two attached hydrogens (primary N) is 1. The molecule has 39 heavy (non-hydrogen) atoms. The number of carbonyl (C=O) groups excluding carboxylic acids is 4. The first-order valence-electron chi connectivity index (χ1n) is 14.7. The standard InChI is InChI=1S/C28H50N4O7/c1-3-4-5-6-7-8-9-10-11-16-24(33)31-21-14-12-13-15-23(21)39-19-25(34)30-20(2)28(38)32-22(27(29)37)17-18-26(35)36/h20-23H,3-19H2,1-2H3,(H2,29,37)(H,30,34)(H,31,33)(H,32,38)(H,35,36)/t20-,21-,22+,23-/m0/s1. The van der Waals surface area contributed by atoms with Crippen LogP contribution in [0, 0.1) is 0 Å². The first-order valence-corrected chi connectivity index (χ1v) is 14.7. The summed E-state index contributed by atoms with van der Waals surface area (Å²) in [5, 5.41) is 16.7. The fourth-order valence-electron chi connectivity index (χ4n) is 4.72. The summed E-state index contributed by atoms with van der Waals surface area (Å²) in [4.78, 5) is 59.5. The summed E-state index contributed by atoms with van der Waals surface area (Å²) >= 11 is 0. The van der Waals surface area contributed by atoms with Gasteiger partial charge in [0.1, 0.15) is 18.7 Å². The summed E-state index contributed by atoms with van der Waals surface area (Å²) in [7, 11) is 0. The molecule has 0 aromatic carbocycles. The lowest BCUT2D eigenvalue weighted by molar-refractivity contribution is -0.138. The highest BCUT2D eigenvalue weighted by Gasteiger charge is 2.28. The number of hydrogen-bond acceptors (Lipinski definition) is 6. The highest BCUT2D eigenvalue weighted by Crippen LogP contribution is 2.21. The van der Waals surface area contributed by atoms with Crippen LogP contribution in [0.5, 0.6) is 0 Å². The monoisotopic (exact) mass is 554 g/mol. The first-order chi connectivity index (χ1) is 18.6. The molecule has 4 atom stereocenters. The van der Waals surface area contributed by atoms with E-state index in [0.717, 1.165) is 44.9 Å². The Morgan fingerprint density at radius 1 is 0.872 bits per heavy atom. The quantitative estimate of drug-likeness (QED) is 0.135. The molecule has 1 fully saturated rings. The second kappa shape index (κ2) is 20.2. The van der Waals surface area contributed by atoms with Crippen molar-refractivity contribution < 1.29 is 33.8 Å². The van der Waals surface area contributed by atoms with Crippen LogP contribution in [0.2, 0.25) is 0 Å². The molecule has 11 heteroatoms. The SMILES string of the molecule is CCCCCCCCCCCC(=O)N[C@H]1CCCC[C@@H]1OCC(=O)N[C@@H](C)C(=O)N[C@H](CCC(=O)O)C(N)=O. The zero-order valence-electron chi connectivity index (χ0n) is 23.8. The lowest BCUT2D eigenvalue weighted by Crippen LogP contribution is -2.53. The summed E-state index contributed by atoms with van der Waals surface area (Å²) in [6.07, 6.45) is 13.9. The number of carboxylic acids is 1. The van der Waals surface area contributed by atoms with Gasteiger partial charge in [-0.15, -0.1) is 0 Å². The van der Waals surface area contributed by atoms with Gasteiger partial charge in [-0.05, 0) is 32.6 Å².